The van der Waals surface area contributed by atoms with Gasteiger partial charge in [-0.1, -0.05) is 39.0 Å². The third-order valence-corrected chi connectivity index (χ3v) is 4.63. The summed E-state index contributed by atoms with van der Waals surface area (Å²) in [6, 6.07) is 0.731. The van der Waals surface area contributed by atoms with Gasteiger partial charge in [-0.15, -0.1) is 0 Å². The van der Waals surface area contributed by atoms with Crippen LogP contribution in [0.15, 0.2) is 4.99 Å². The maximum atomic E-state index is 4.70. The van der Waals surface area contributed by atoms with Crippen LogP contribution in [-0.4, -0.2) is 23.5 Å². The molecule has 0 aromatic carbocycles. The second-order valence-electron chi connectivity index (χ2n) is 6.25. The van der Waals surface area contributed by atoms with Gasteiger partial charge < -0.3 is 5.32 Å². The lowest BCUT2D eigenvalue weighted by molar-refractivity contribution is 0.385. The van der Waals surface area contributed by atoms with Gasteiger partial charge in [0, 0.05) is 18.3 Å². The van der Waals surface area contributed by atoms with E-state index in [9.17, 15) is 0 Å². The summed E-state index contributed by atoms with van der Waals surface area (Å²) in [5.41, 5.74) is 0.402. The molecule has 0 spiro atoms. The van der Waals surface area contributed by atoms with E-state index in [0.29, 0.717) is 5.41 Å². The Morgan fingerprint density at radius 3 is 2.94 bits per heavy atom. The van der Waals surface area contributed by atoms with E-state index in [1.165, 1.54) is 36.6 Å². The summed E-state index contributed by atoms with van der Waals surface area (Å²) in [6.45, 7) is 7.81. The first kappa shape index (κ1) is 12.3. The van der Waals surface area contributed by atoms with Crippen LogP contribution in [0.1, 0.15) is 46.5 Å². The lowest BCUT2D eigenvalue weighted by atomic mass is 9.93. The summed E-state index contributed by atoms with van der Waals surface area (Å²) in [7, 11) is 0. The van der Waals surface area contributed by atoms with Crippen molar-refractivity contribution in [1.82, 2.24) is 5.32 Å². The van der Waals surface area contributed by atoms with Gasteiger partial charge in [-0.25, -0.2) is 0 Å². The number of nitrogens with one attached hydrogen (secondary N) is 1. The Kier molecular flexibility index (Phi) is 3.83. The number of thioether (sulfide) groups is 1. The predicted molar refractivity (Wildman–Crippen MR) is 73.1 cm³/mol. The molecule has 2 rings (SSSR count). The van der Waals surface area contributed by atoms with E-state index in [2.05, 4.69) is 26.1 Å². The highest BCUT2D eigenvalue weighted by molar-refractivity contribution is 8.13. The number of aliphatic imine (C=N–C) groups is 1. The predicted octanol–water partition coefficient (Wildman–Crippen LogP) is 3.28. The Morgan fingerprint density at radius 2 is 2.19 bits per heavy atom. The van der Waals surface area contributed by atoms with E-state index in [-0.39, 0.29) is 0 Å². The summed E-state index contributed by atoms with van der Waals surface area (Å²) in [4.78, 5) is 4.70. The molecule has 1 heterocycles. The molecule has 1 saturated carbocycles. The lowest BCUT2D eigenvalue weighted by Gasteiger charge is -2.28. The Morgan fingerprint density at radius 1 is 1.38 bits per heavy atom. The van der Waals surface area contributed by atoms with Crippen molar-refractivity contribution in [2.45, 2.75) is 52.5 Å². The van der Waals surface area contributed by atoms with Crippen molar-refractivity contribution in [2.24, 2.45) is 16.3 Å². The quantitative estimate of drug-likeness (QED) is 0.801. The Labute approximate surface area is 104 Å². The van der Waals surface area contributed by atoms with Crippen molar-refractivity contribution in [3.8, 4) is 0 Å². The molecule has 16 heavy (non-hydrogen) atoms. The molecule has 2 atom stereocenters. The van der Waals surface area contributed by atoms with Crippen molar-refractivity contribution in [3.05, 3.63) is 0 Å². The van der Waals surface area contributed by atoms with Crippen molar-refractivity contribution in [1.29, 1.82) is 0 Å². The van der Waals surface area contributed by atoms with Gasteiger partial charge in [-0.3, -0.25) is 4.99 Å². The Hall–Kier alpha value is -0.180. The van der Waals surface area contributed by atoms with Gasteiger partial charge in [0.05, 0.1) is 0 Å². The van der Waals surface area contributed by atoms with Gasteiger partial charge in [-0.05, 0) is 30.6 Å². The van der Waals surface area contributed by atoms with E-state index in [1.54, 1.807) is 0 Å². The topological polar surface area (TPSA) is 24.4 Å². The third-order valence-electron chi connectivity index (χ3n) is 3.52. The zero-order chi connectivity index (χ0) is 11.6. The van der Waals surface area contributed by atoms with Gasteiger partial charge in [-0.2, -0.15) is 0 Å². The van der Waals surface area contributed by atoms with E-state index >= 15 is 0 Å². The summed E-state index contributed by atoms with van der Waals surface area (Å²) in [5.74, 6) is 2.19. The molecule has 3 heteroatoms. The fraction of sp³-hybridized carbons (Fsp3) is 0.923. The Balaban J connectivity index is 1.80. The lowest BCUT2D eigenvalue weighted by Crippen LogP contribution is -2.41. The standard InChI is InChI=1S/C13H24N2S/c1-13(2,3)7-8-14-12-15-11-6-4-5-10(11)9-16-12/h10-11H,4-9H2,1-3H3,(H,14,15). The van der Waals surface area contributed by atoms with Crippen LogP contribution in [0.5, 0.6) is 0 Å². The number of fused-ring (bicyclic) bond motifs is 1. The smallest absolute Gasteiger partial charge is 0.156 e. The van der Waals surface area contributed by atoms with Crippen LogP contribution < -0.4 is 5.32 Å². The number of rotatable bonds is 2. The zero-order valence-corrected chi connectivity index (χ0v) is 11.6. The SMILES string of the molecule is CC(C)(C)CCN=C1NC2CCCC2CS1. The zero-order valence-electron chi connectivity index (χ0n) is 10.8. The van der Waals surface area contributed by atoms with Gasteiger partial charge >= 0.3 is 0 Å². The monoisotopic (exact) mass is 240 g/mol. The number of hydrogen-bond acceptors (Lipinski definition) is 2. The molecule has 92 valence electrons. The van der Waals surface area contributed by atoms with E-state index in [4.69, 9.17) is 4.99 Å². The van der Waals surface area contributed by atoms with Crippen LogP contribution >= 0.6 is 11.8 Å². The maximum Gasteiger partial charge on any atom is 0.156 e. The molecule has 1 aliphatic carbocycles. The maximum absolute atomic E-state index is 4.70. The third kappa shape index (κ3) is 3.41. The first-order valence-corrected chi connectivity index (χ1v) is 7.47. The van der Waals surface area contributed by atoms with Gasteiger partial charge in [0.15, 0.2) is 5.17 Å². The summed E-state index contributed by atoms with van der Waals surface area (Å²) >= 11 is 1.93. The highest BCUT2D eigenvalue weighted by Gasteiger charge is 2.31. The second-order valence-corrected chi connectivity index (χ2v) is 7.26. The van der Waals surface area contributed by atoms with Crippen LogP contribution in [0.3, 0.4) is 0 Å². The molecule has 1 saturated heterocycles. The first-order chi connectivity index (χ1) is 7.54. The Bertz CT molecular complexity index is 268. The molecule has 2 aliphatic rings. The largest absolute Gasteiger partial charge is 0.362 e. The van der Waals surface area contributed by atoms with Gasteiger partial charge in [0.1, 0.15) is 0 Å². The fourth-order valence-electron chi connectivity index (χ4n) is 2.40. The van der Waals surface area contributed by atoms with Crippen LogP contribution in [0.25, 0.3) is 0 Å². The van der Waals surface area contributed by atoms with E-state index in [0.717, 1.165) is 18.5 Å². The minimum Gasteiger partial charge on any atom is -0.362 e. The average Bonchev–Trinajstić information content (AvgIpc) is 2.62. The normalized spacial score (nSPS) is 32.6. The summed E-state index contributed by atoms with van der Waals surface area (Å²) in [6.07, 6.45) is 5.34. The minimum absolute atomic E-state index is 0.402. The summed E-state index contributed by atoms with van der Waals surface area (Å²) in [5, 5.41) is 4.82. The highest BCUT2D eigenvalue weighted by atomic mass is 32.2. The van der Waals surface area contributed by atoms with Crippen LogP contribution in [0.4, 0.5) is 0 Å². The second kappa shape index (κ2) is 4.99. The van der Waals surface area contributed by atoms with E-state index in [1.807, 2.05) is 11.8 Å². The molecule has 0 aromatic rings. The molecular weight excluding hydrogens is 216 g/mol. The van der Waals surface area contributed by atoms with Crippen molar-refractivity contribution in [2.75, 3.05) is 12.3 Å². The molecule has 1 N–H and O–H groups in total. The van der Waals surface area contributed by atoms with Crippen molar-refractivity contribution in [3.63, 3.8) is 0 Å². The first-order valence-electron chi connectivity index (χ1n) is 6.48. The number of hydrogen-bond donors (Lipinski definition) is 1. The molecular formula is C13H24N2S. The molecule has 0 bridgehead atoms. The van der Waals surface area contributed by atoms with Crippen molar-refractivity contribution < 1.29 is 0 Å². The molecule has 0 aromatic heterocycles. The van der Waals surface area contributed by atoms with Crippen LogP contribution in [0.2, 0.25) is 0 Å². The van der Waals surface area contributed by atoms with Gasteiger partial charge in [0.2, 0.25) is 0 Å². The molecule has 2 unspecified atom stereocenters. The van der Waals surface area contributed by atoms with Crippen molar-refractivity contribution >= 4 is 16.9 Å². The van der Waals surface area contributed by atoms with Gasteiger partial charge in [0.25, 0.3) is 0 Å². The molecule has 0 radical (unpaired) electrons. The van der Waals surface area contributed by atoms with E-state index < -0.39 is 0 Å². The molecule has 0 amide bonds. The van der Waals surface area contributed by atoms with Crippen LogP contribution in [0, 0.1) is 11.3 Å². The average molecular weight is 240 g/mol. The number of amidine groups is 1. The molecule has 2 fully saturated rings. The summed E-state index contributed by atoms with van der Waals surface area (Å²) < 4.78 is 0. The fourth-order valence-corrected chi connectivity index (χ4v) is 3.58. The minimum atomic E-state index is 0.402. The number of nitrogens with zero attached hydrogens (tertiary/aromatic N) is 1. The highest BCUT2D eigenvalue weighted by Crippen LogP contribution is 2.32. The molecule has 2 nitrogen and oxygen atoms in total. The van der Waals surface area contributed by atoms with Crippen LogP contribution in [-0.2, 0) is 0 Å². The molecule has 1 aliphatic heterocycles.